The number of amides is 2. The van der Waals surface area contributed by atoms with E-state index in [1.165, 1.54) is 6.26 Å². The van der Waals surface area contributed by atoms with Gasteiger partial charge < -0.3 is 20.5 Å². The summed E-state index contributed by atoms with van der Waals surface area (Å²) in [7, 11) is 0. The van der Waals surface area contributed by atoms with Crippen molar-refractivity contribution >= 4 is 17.7 Å². The molecule has 1 fully saturated rings. The third kappa shape index (κ3) is 4.99. The molecule has 0 bridgehead atoms. The third-order valence-electron chi connectivity index (χ3n) is 4.04. The highest BCUT2D eigenvalue weighted by Crippen LogP contribution is 2.25. The Hall–Kier alpha value is -2.54. The minimum Gasteiger partial charge on any atom is -0.480 e. The standard InChI is InChI=1S/C17H23N3O4/c1-3-20(11-16(21)22)14-9-13(10-14)19-17(23)18-12-5-7-15(8-6-12)24-4-2/h4-8,13-14H,2-3,9-11H2,1H3,(H,21,22)(H2,18,19,23). The maximum absolute atomic E-state index is 12.0. The number of benzene rings is 1. The number of carbonyl (C=O) groups excluding carboxylic acids is 1. The topological polar surface area (TPSA) is 90.9 Å². The van der Waals surface area contributed by atoms with Crippen LogP contribution >= 0.6 is 0 Å². The molecule has 7 nitrogen and oxygen atoms in total. The minimum atomic E-state index is -0.824. The van der Waals surface area contributed by atoms with Crippen LogP contribution in [-0.2, 0) is 4.79 Å². The van der Waals surface area contributed by atoms with Crippen molar-refractivity contribution in [3.8, 4) is 5.75 Å². The van der Waals surface area contributed by atoms with E-state index in [4.69, 9.17) is 9.84 Å². The SMILES string of the molecule is C=COc1ccc(NC(=O)NC2CC(N(CC)CC(=O)O)C2)cc1. The van der Waals surface area contributed by atoms with E-state index < -0.39 is 5.97 Å². The molecule has 1 saturated carbocycles. The summed E-state index contributed by atoms with van der Waals surface area (Å²) in [6.45, 7) is 6.15. The van der Waals surface area contributed by atoms with Crippen LogP contribution in [0.3, 0.4) is 0 Å². The number of carboxylic acids is 1. The molecule has 130 valence electrons. The number of carbonyl (C=O) groups is 2. The van der Waals surface area contributed by atoms with Crippen molar-refractivity contribution in [2.24, 2.45) is 0 Å². The van der Waals surface area contributed by atoms with Gasteiger partial charge in [0, 0.05) is 17.8 Å². The second-order valence-corrected chi connectivity index (χ2v) is 5.69. The Bertz CT molecular complexity index is 582. The second kappa shape index (κ2) is 8.35. The fraction of sp³-hybridized carbons (Fsp3) is 0.412. The Morgan fingerprint density at radius 1 is 1.38 bits per heavy atom. The van der Waals surface area contributed by atoms with E-state index in [0.717, 1.165) is 12.8 Å². The number of ether oxygens (including phenoxy) is 1. The van der Waals surface area contributed by atoms with Gasteiger partial charge in [-0.05, 0) is 43.7 Å². The fourth-order valence-electron chi connectivity index (χ4n) is 2.74. The average Bonchev–Trinajstić information content (AvgIpc) is 2.50. The molecule has 1 aromatic carbocycles. The zero-order valence-electron chi connectivity index (χ0n) is 13.7. The van der Waals surface area contributed by atoms with Crippen molar-refractivity contribution in [3.05, 3.63) is 37.1 Å². The second-order valence-electron chi connectivity index (χ2n) is 5.69. The Balaban J connectivity index is 1.74. The molecule has 0 atom stereocenters. The Kier molecular flexibility index (Phi) is 6.20. The third-order valence-corrected chi connectivity index (χ3v) is 4.04. The number of hydrogen-bond donors (Lipinski definition) is 3. The average molecular weight is 333 g/mol. The summed E-state index contributed by atoms with van der Waals surface area (Å²) in [5, 5.41) is 14.5. The first-order chi connectivity index (χ1) is 11.5. The molecule has 1 aliphatic rings. The summed E-state index contributed by atoms with van der Waals surface area (Å²) in [6.07, 6.45) is 2.87. The van der Waals surface area contributed by atoms with E-state index in [-0.39, 0.29) is 24.7 Å². The molecule has 2 rings (SSSR count). The monoisotopic (exact) mass is 333 g/mol. The molecule has 3 N–H and O–H groups in total. The first kappa shape index (κ1) is 17.8. The van der Waals surface area contributed by atoms with Gasteiger partial charge in [0.2, 0.25) is 0 Å². The van der Waals surface area contributed by atoms with E-state index >= 15 is 0 Å². The van der Waals surface area contributed by atoms with Crippen LogP contribution in [0.25, 0.3) is 0 Å². The van der Waals surface area contributed by atoms with Crippen LogP contribution in [0.15, 0.2) is 37.1 Å². The maximum Gasteiger partial charge on any atom is 0.319 e. The molecule has 1 aliphatic carbocycles. The molecule has 0 aromatic heterocycles. The summed E-state index contributed by atoms with van der Waals surface area (Å²) in [5.74, 6) is -0.175. The molecule has 0 radical (unpaired) electrons. The van der Waals surface area contributed by atoms with E-state index in [2.05, 4.69) is 17.2 Å². The van der Waals surface area contributed by atoms with E-state index in [0.29, 0.717) is 18.0 Å². The van der Waals surface area contributed by atoms with Gasteiger partial charge in [0.05, 0.1) is 12.8 Å². The summed E-state index contributed by atoms with van der Waals surface area (Å²) in [5.41, 5.74) is 0.667. The summed E-state index contributed by atoms with van der Waals surface area (Å²) in [4.78, 5) is 24.7. The maximum atomic E-state index is 12.0. The lowest BCUT2D eigenvalue weighted by atomic mass is 9.85. The van der Waals surface area contributed by atoms with Gasteiger partial charge in [-0.25, -0.2) is 4.79 Å². The molecule has 0 unspecified atom stereocenters. The highest BCUT2D eigenvalue weighted by atomic mass is 16.5. The summed E-state index contributed by atoms with van der Waals surface area (Å²) < 4.78 is 5.12. The molecule has 24 heavy (non-hydrogen) atoms. The van der Waals surface area contributed by atoms with Crippen LogP contribution in [-0.4, -0.2) is 47.2 Å². The lowest BCUT2D eigenvalue weighted by molar-refractivity contribution is -0.139. The molecule has 0 spiro atoms. The quantitative estimate of drug-likeness (QED) is 0.635. The van der Waals surface area contributed by atoms with Crippen LogP contribution in [0.2, 0.25) is 0 Å². The van der Waals surface area contributed by atoms with Gasteiger partial charge >= 0.3 is 12.0 Å². The summed E-state index contributed by atoms with van der Waals surface area (Å²) >= 11 is 0. The van der Waals surface area contributed by atoms with Gasteiger partial charge in [-0.2, -0.15) is 0 Å². The Labute approximate surface area is 141 Å². The summed E-state index contributed by atoms with van der Waals surface area (Å²) in [6, 6.07) is 6.98. The zero-order valence-corrected chi connectivity index (χ0v) is 13.7. The molecule has 0 aliphatic heterocycles. The highest BCUT2D eigenvalue weighted by Gasteiger charge is 2.34. The predicted octanol–water partition coefficient (Wildman–Crippen LogP) is 2.27. The number of aliphatic carboxylic acids is 1. The van der Waals surface area contributed by atoms with Crippen molar-refractivity contribution in [2.45, 2.75) is 31.8 Å². The molecule has 7 heteroatoms. The van der Waals surface area contributed by atoms with Gasteiger partial charge in [-0.1, -0.05) is 13.5 Å². The zero-order chi connectivity index (χ0) is 17.5. The van der Waals surface area contributed by atoms with Gasteiger partial charge in [0.1, 0.15) is 5.75 Å². The number of anilines is 1. The van der Waals surface area contributed by atoms with Crippen molar-refractivity contribution in [1.29, 1.82) is 0 Å². The van der Waals surface area contributed by atoms with E-state index in [1.807, 2.05) is 11.8 Å². The number of nitrogens with one attached hydrogen (secondary N) is 2. The highest BCUT2D eigenvalue weighted by molar-refractivity contribution is 5.89. The van der Waals surface area contributed by atoms with Crippen LogP contribution in [0, 0.1) is 0 Å². The number of urea groups is 1. The van der Waals surface area contributed by atoms with Gasteiger partial charge in [0.25, 0.3) is 0 Å². The molecular formula is C17H23N3O4. The number of hydrogen-bond acceptors (Lipinski definition) is 4. The number of carboxylic acid groups (broad SMARTS) is 1. The molecule has 2 amide bonds. The lowest BCUT2D eigenvalue weighted by Crippen LogP contribution is -2.55. The van der Waals surface area contributed by atoms with Crippen LogP contribution in [0.5, 0.6) is 5.75 Å². The smallest absolute Gasteiger partial charge is 0.319 e. The number of rotatable bonds is 8. The molecular weight excluding hydrogens is 310 g/mol. The minimum absolute atomic E-state index is 0.0409. The van der Waals surface area contributed by atoms with Crippen LogP contribution < -0.4 is 15.4 Å². The molecule has 0 heterocycles. The lowest BCUT2D eigenvalue weighted by Gasteiger charge is -2.42. The molecule has 0 saturated heterocycles. The van der Waals surface area contributed by atoms with Crippen LogP contribution in [0.1, 0.15) is 19.8 Å². The van der Waals surface area contributed by atoms with Crippen molar-refractivity contribution < 1.29 is 19.4 Å². The van der Waals surface area contributed by atoms with Crippen molar-refractivity contribution in [3.63, 3.8) is 0 Å². The largest absolute Gasteiger partial charge is 0.480 e. The van der Waals surface area contributed by atoms with Crippen molar-refractivity contribution in [2.75, 3.05) is 18.4 Å². The van der Waals surface area contributed by atoms with Gasteiger partial charge in [0.15, 0.2) is 0 Å². The Morgan fingerprint density at radius 2 is 2.04 bits per heavy atom. The van der Waals surface area contributed by atoms with E-state index in [1.54, 1.807) is 24.3 Å². The van der Waals surface area contributed by atoms with Crippen molar-refractivity contribution in [1.82, 2.24) is 10.2 Å². The van der Waals surface area contributed by atoms with Gasteiger partial charge in [-0.15, -0.1) is 0 Å². The number of likely N-dealkylation sites (N-methyl/N-ethyl adjacent to an activating group) is 1. The van der Waals surface area contributed by atoms with Crippen LogP contribution in [0.4, 0.5) is 10.5 Å². The fourth-order valence-corrected chi connectivity index (χ4v) is 2.74. The molecule has 1 aromatic rings. The van der Waals surface area contributed by atoms with Gasteiger partial charge in [-0.3, -0.25) is 9.69 Å². The number of nitrogens with zero attached hydrogens (tertiary/aromatic N) is 1. The normalized spacial score (nSPS) is 19.2. The first-order valence-electron chi connectivity index (χ1n) is 7.92. The van der Waals surface area contributed by atoms with E-state index in [9.17, 15) is 9.59 Å². The first-order valence-corrected chi connectivity index (χ1v) is 7.92. The Morgan fingerprint density at radius 3 is 2.58 bits per heavy atom. The predicted molar refractivity (Wildman–Crippen MR) is 91.1 cm³/mol.